The molecule has 0 amide bonds. The van der Waals surface area contributed by atoms with E-state index in [9.17, 15) is 9.59 Å². The minimum Gasteiger partial charge on any atom is -0.478 e. The monoisotopic (exact) mass is 318 g/mol. The van der Waals surface area contributed by atoms with Gasteiger partial charge in [-0.15, -0.1) is 0 Å². The number of halogens is 1. The fraction of sp³-hybridized carbons (Fsp3) is 0.273. The molecule has 0 bridgehead atoms. The Balaban J connectivity index is 2.91. The Kier molecular flexibility index (Phi) is 4.26. The van der Waals surface area contributed by atoms with E-state index in [0.29, 0.717) is 15.6 Å². The first-order valence-electron chi connectivity index (χ1n) is 4.51. The second-order valence-corrected chi connectivity index (χ2v) is 4.60. The lowest BCUT2D eigenvalue weighted by Gasteiger charge is -2.06. The summed E-state index contributed by atoms with van der Waals surface area (Å²) in [6.07, 6.45) is 1.55. The molecular weight excluding hydrogens is 307 g/mol. The molecule has 0 spiro atoms. The standard InChI is InChI=1S/C11H11IO3/c1-7(6-13)4-8-2-3-9(11(14)15)10(12)5-8/h2-3,5-7H,4H2,1H3,(H,14,15). The summed E-state index contributed by atoms with van der Waals surface area (Å²) in [5.41, 5.74) is 1.29. The van der Waals surface area contributed by atoms with Gasteiger partial charge in [-0.05, 0) is 46.7 Å². The molecule has 4 heteroatoms. The molecule has 1 N–H and O–H groups in total. The summed E-state index contributed by atoms with van der Waals surface area (Å²) in [7, 11) is 0. The van der Waals surface area contributed by atoms with E-state index in [2.05, 4.69) is 0 Å². The van der Waals surface area contributed by atoms with E-state index in [-0.39, 0.29) is 5.92 Å². The van der Waals surface area contributed by atoms with Crippen LogP contribution in [0.1, 0.15) is 22.8 Å². The third-order valence-electron chi connectivity index (χ3n) is 2.05. The molecule has 0 aliphatic heterocycles. The normalized spacial score (nSPS) is 12.1. The minimum atomic E-state index is -0.922. The van der Waals surface area contributed by atoms with Gasteiger partial charge in [-0.25, -0.2) is 4.79 Å². The molecule has 1 aromatic rings. The first kappa shape index (κ1) is 12.2. The summed E-state index contributed by atoms with van der Waals surface area (Å²) in [6.45, 7) is 1.84. The number of carbonyl (C=O) groups is 2. The van der Waals surface area contributed by atoms with Gasteiger partial charge in [-0.3, -0.25) is 0 Å². The van der Waals surface area contributed by atoms with Crippen molar-refractivity contribution in [3.8, 4) is 0 Å². The summed E-state index contributed by atoms with van der Waals surface area (Å²) >= 11 is 1.99. The largest absolute Gasteiger partial charge is 0.478 e. The Hall–Kier alpha value is -0.910. The molecule has 1 aromatic carbocycles. The summed E-state index contributed by atoms with van der Waals surface area (Å²) in [6, 6.07) is 5.15. The number of carboxylic acids is 1. The molecule has 0 radical (unpaired) electrons. The third kappa shape index (κ3) is 3.30. The highest BCUT2D eigenvalue weighted by Gasteiger charge is 2.09. The van der Waals surface area contributed by atoms with Gasteiger partial charge < -0.3 is 9.90 Å². The van der Waals surface area contributed by atoms with Gasteiger partial charge in [0.15, 0.2) is 0 Å². The average Bonchev–Trinajstić information content (AvgIpc) is 2.17. The number of hydrogen-bond donors (Lipinski definition) is 1. The topological polar surface area (TPSA) is 54.4 Å². The van der Waals surface area contributed by atoms with Gasteiger partial charge in [-0.1, -0.05) is 13.0 Å². The molecule has 1 unspecified atom stereocenters. The van der Waals surface area contributed by atoms with E-state index >= 15 is 0 Å². The molecule has 0 fully saturated rings. The number of benzene rings is 1. The number of aldehydes is 1. The van der Waals surface area contributed by atoms with Crippen LogP contribution in [-0.2, 0) is 11.2 Å². The van der Waals surface area contributed by atoms with Crippen LogP contribution in [0.25, 0.3) is 0 Å². The minimum absolute atomic E-state index is 0.0310. The summed E-state index contributed by atoms with van der Waals surface area (Å²) in [5.74, 6) is -0.953. The maximum atomic E-state index is 10.8. The second kappa shape index (κ2) is 5.25. The quantitative estimate of drug-likeness (QED) is 0.685. The maximum absolute atomic E-state index is 10.8. The van der Waals surface area contributed by atoms with E-state index in [1.165, 1.54) is 0 Å². The number of hydrogen-bond acceptors (Lipinski definition) is 2. The fourth-order valence-electron chi connectivity index (χ4n) is 1.28. The summed E-state index contributed by atoms with van der Waals surface area (Å²) in [4.78, 5) is 21.2. The van der Waals surface area contributed by atoms with Crippen molar-refractivity contribution in [1.82, 2.24) is 0 Å². The summed E-state index contributed by atoms with van der Waals surface area (Å²) < 4.78 is 0.704. The number of aromatic carboxylic acids is 1. The molecule has 0 saturated carbocycles. The van der Waals surface area contributed by atoms with Gasteiger partial charge in [0, 0.05) is 9.49 Å². The Morgan fingerprint density at radius 2 is 2.27 bits per heavy atom. The van der Waals surface area contributed by atoms with Crippen LogP contribution >= 0.6 is 22.6 Å². The zero-order valence-corrected chi connectivity index (χ0v) is 10.4. The molecule has 0 aliphatic rings. The van der Waals surface area contributed by atoms with Crippen molar-refractivity contribution >= 4 is 34.8 Å². The summed E-state index contributed by atoms with van der Waals surface area (Å²) in [5, 5.41) is 8.82. The van der Waals surface area contributed by atoms with Crippen molar-refractivity contribution < 1.29 is 14.7 Å². The first-order chi connectivity index (χ1) is 7.04. The van der Waals surface area contributed by atoms with Crippen molar-refractivity contribution in [3.63, 3.8) is 0 Å². The molecule has 0 aliphatic carbocycles. The Morgan fingerprint density at radius 1 is 1.60 bits per heavy atom. The lowest BCUT2D eigenvalue weighted by Crippen LogP contribution is -2.04. The maximum Gasteiger partial charge on any atom is 0.336 e. The van der Waals surface area contributed by atoms with Crippen LogP contribution in [-0.4, -0.2) is 17.4 Å². The van der Waals surface area contributed by atoms with Gasteiger partial charge in [0.05, 0.1) is 5.56 Å². The van der Waals surface area contributed by atoms with Crippen LogP contribution in [0.2, 0.25) is 0 Å². The highest BCUT2D eigenvalue weighted by atomic mass is 127. The van der Waals surface area contributed by atoms with Crippen LogP contribution in [0, 0.1) is 9.49 Å². The molecule has 80 valence electrons. The van der Waals surface area contributed by atoms with Crippen molar-refractivity contribution in [1.29, 1.82) is 0 Å². The highest BCUT2D eigenvalue weighted by molar-refractivity contribution is 14.1. The molecule has 15 heavy (non-hydrogen) atoms. The molecule has 1 rings (SSSR count). The number of rotatable bonds is 4. The molecule has 1 atom stereocenters. The van der Waals surface area contributed by atoms with Gasteiger partial charge in [-0.2, -0.15) is 0 Å². The Bertz CT molecular complexity index is 387. The third-order valence-corrected chi connectivity index (χ3v) is 2.95. The Labute approximate surface area is 102 Å². The molecule has 0 aromatic heterocycles. The van der Waals surface area contributed by atoms with E-state index < -0.39 is 5.97 Å². The van der Waals surface area contributed by atoms with Crippen LogP contribution in [0.4, 0.5) is 0 Å². The predicted octanol–water partition coefficient (Wildman–Crippen LogP) is 2.37. The van der Waals surface area contributed by atoms with Crippen LogP contribution in [0.15, 0.2) is 18.2 Å². The fourth-order valence-corrected chi connectivity index (χ4v) is 2.09. The van der Waals surface area contributed by atoms with Crippen LogP contribution < -0.4 is 0 Å². The molecule has 0 saturated heterocycles. The second-order valence-electron chi connectivity index (χ2n) is 3.44. The van der Waals surface area contributed by atoms with Crippen LogP contribution in [0.5, 0.6) is 0 Å². The SMILES string of the molecule is CC(C=O)Cc1ccc(C(=O)O)c(I)c1. The molecule has 0 heterocycles. The van der Waals surface area contributed by atoms with Crippen molar-refractivity contribution in [2.75, 3.05) is 0 Å². The average molecular weight is 318 g/mol. The van der Waals surface area contributed by atoms with Gasteiger partial charge in [0.25, 0.3) is 0 Å². The van der Waals surface area contributed by atoms with Gasteiger partial charge >= 0.3 is 5.97 Å². The first-order valence-corrected chi connectivity index (χ1v) is 5.59. The molecule has 3 nitrogen and oxygen atoms in total. The van der Waals surface area contributed by atoms with Gasteiger partial charge in [0.1, 0.15) is 6.29 Å². The van der Waals surface area contributed by atoms with Crippen LogP contribution in [0.3, 0.4) is 0 Å². The smallest absolute Gasteiger partial charge is 0.336 e. The number of carbonyl (C=O) groups excluding carboxylic acids is 1. The van der Waals surface area contributed by atoms with E-state index in [0.717, 1.165) is 11.8 Å². The van der Waals surface area contributed by atoms with Crippen molar-refractivity contribution in [2.45, 2.75) is 13.3 Å². The number of carboxylic acid groups (broad SMARTS) is 1. The van der Waals surface area contributed by atoms with E-state index in [4.69, 9.17) is 5.11 Å². The van der Waals surface area contributed by atoms with Crippen molar-refractivity contribution in [3.05, 3.63) is 32.9 Å². The Morgan fingerprint density at radius 3 is 2.73 bits per heavy atom. The predicted molar refractivity (Wildman–Crippen MR) is 65.1 cm³/mol. The van der Waals surface area contributed by atoms with E-state index in [1.54, 1.807) is 12.1 Å². The van der Waals surface area contributed by atoms with E-state index in [1.807, 2.05) is 35.6 Å². The van der Waals surface area contributed by atoms with Crippen molar-refractivity contribution in [2.24, 2.45) is 5.92 Å². The zero-order chi connectivity index (χ0) is 11.4. The molecular formula is C11H11IO3. The lowest BCUT2D eigenvalue weighted by molar-refractivity contribution is -0.110. The van der Waals surface area contributed by atoms with Gasteiger partial charge in [0.2, 0.25) is 0 Å². The highest BCUT2D eigenvalue weighted by Crippen LogP contribution is 2.16. The lowest BCUT2D eigenvalue weighted by atomic mass is 10.0. The zero-order valence-electron chi connectivity index (χ0n) is 8.24.